The van der Waals surface area contributed by atoms with E-state index in [2.05, 4.69) is 30.1 Å². The molecule has 4 rings (SSSR count). The summed E-state index contributed by atoms with van der Waals surface area (Å²) in [4.78, 5) is 21.4. The highest BCUT2D eigenvalue weighted by molar-refractivity contribution is 7.15. The molecule has 1 aliphatic rings. The fourth-order valence-corrected chi connectivity index (χ4v) is 3.99. The molecule has 0 radical (unpaired) electrons. The van der Waals surface area contributed by atoms with Gasteiger partial charge < -0.3 is 9.47 Å². The van der Waals surface area contributed by atoms with Gasteiger partial charge in [-0.25, -0.2) is 0 Å². The summed E-state index contributed by atoms with van der Waals surface area (Å²) < 4.78 is 2.02. The molecule has 0 atom stereocenters. The molecule has 3 aromatic rings. The second-order valence-corrected chi connectivity index (χ2v) is 7.36. The van der Waals surface area contributed by atoms with E-state index in [1.165, 1.54) is 9.75 Å². The Morgan fingerprint density at radius 2 is 2.09 bits per heavy atom. The van der Waals surface area contributed by atoms with Crippen molar-refractivity contribution in [1.29, 1.82) is 0 Å². The molecule has 1 fully saturated rings. The van der Waals surface area contributed by atoms with E-state index < -0.39 is 0 Å². The molecule has 1 amide bonds. The van der Waals surface area contributed by atoms with Crippen LogP contribution in [0.5, 0.6) is 0 Å². The van der Waals surface area contributed by atoms with E-state index in [1.54, 1.807) is 11.3 Å². The predicted octanol–water partition coefficient (Wildman–Crippen LogP) is 3.70. The number of amides is 1. The van der Waals surface area contributed by atoms with Gasteiger partial charge in [-0.2, -0.15) is 0 Å². The molecule has 3 aromatic heterocycles. The Kier molecular flexibility index (Phi) is 3.65. The van der Waals surface area contributed by atoms with Gasteiger partial charge in [0, 0.05) is 40.8 Å². The third-order valence-electron chi connectivity index (χ3n) is 4.41. The molecular weight excluding hydrogens is 306 g/mol. The second-order valence-electron chi connectivity index (χ2n) is 6.07. The molecule has 0 spiro atoms. The topological polar surface area (TPSA) is 38.1 Å². The monoisotopic (exact) mass is 325 g/mol. The highest BCUT2D eigenvalue weighted by atomic mass is 32.1. The molecule has 5 heteroatoms. The van der Waals surface area contributed by atoms with Crippen LogP contribution in [0.1, 0.15) is 17.7 Å². The summed E-state index contributed by atoms with van der Waals surface area (Å²) in [6, 6.07) is 8.38. The zero-order valence-corrected chi connectivity index (χ0v) is 14.0. The van der Waals surface area contributed by atoms with Crippen LogP contribution in [0.2, 0.25) is 0 Å². The number of hydrogen-bond acceptors (Lipinski definition) is 3. The fourth-order valence-electron chi connectivity index (χ4n) is 3.14. The molecule has 1 aliphatic heterocycles. The van der Waals surface area contributed by atoms with Crippen molar-refractivity contribution >= 4 is 28.3 Å². The van der Waals surface area contributed by atoms with Crippen molar-refractivity contribution in [2.75, 3.05) is 13.1 Å². The molecule has 4 nitrogen and oxygen atoms in total. The number of pyridine rings is 1. The SMILES string of the molecule is Cc1ccc(-c2cnc3ccn(CC(=O)N4CCCC4)c3c2)s1. The summed E-state index contributed by atoms with van der Waals surface area (Å²) in [5.74, 6) is 0.206. The van der Waals surface area contributed by atoms with E-state index >= 15 is 0 Å². The van der Waals surface area contributed by atoms with Crippen LogP contribution in [0.25, 0.3) is 21.5 Å². The standard InChI is InChI=1S/C18H19N3OS/c1-13-4-5-17(23-13)14-10-16-15(19-11-14)6-9-21(16)12-18(22)20-7-2-3-8-20/h4-6,9-11H,2-3,7-8,12H2,1H3. The molecule has 23 heavy (non-hydrogen) atoms. The smallest absolute Gasteiger partial charge is 0.242 e. The van der Waals surface area contributed by atoms with Gasteiger partial charge in [0.1, 0.15) is 6.54 Å². The average molecular weight is 325 g/mol. The molecule has 4 heterocycles. The summed E-state index contributed by atoms with van der Waals surface area (Å²) in [6.45, 7) is 4.31. The van der Waals surface area contributed by atoms with Gasteiger partial charge in [-0.15, -0.1) is 11.3 Å². The molecule has 0 aliphatic carbocycles. The van der Waals surface area contributed by atoms with Gasteiger partial charge in [0.2, 0.25) is 5.91 Å². The average Bonchev–Trinajstić information content (AvgIpc) is 3.27. The van der Waals surface area contributed by atoms with Gasteiger partial charge in [0.25, 0.3) is 0 Å². The predicted molar refractivity (Wildman–Crippen MR) is 93.6 cm³/mol. The van der Waals surface area contributed by atoms with Gasteiger partial charge in [0.05, 0.1) is 11.0 Å². The van der Waals surface area contributed by atoms with Gasteiger partial charge in [-0.05, 0) is 44.0 Å². The minimum Gasteiger partial charge on any atom is -0.341 e. The minimum atomic E-state index is 0.206. The van der Waals surface area contributed by atoms with Crippen molar-refractivity contribution in [1.82, 2.24) is 14.5 Å². The van der Waals surface area contributed by atoms with Crippen molar-refractivity contribution in [2.24, 2.45) is 0 Å². The number of rotatable bonds is 3. The van der Waals surface area contributed by atoms with Crippen molar-refractivity contribution in [3.05, 3.63) is 41.5 Å². The summed E-state index contributed by atoms with van der Waals surface area (Å²) in [5.41, 5.74) is 3.08. The quantitative estimate of drug-likeness (QED) is 0.736. The molecule has 0 N–H and O–H groups in total. The Labute approximate surface area is 139 Å². The van der Waals surface area contributed by atoms with Gasteiger partial charge in [-0.1, -0.05) is 0 Å². The van der Waals surface area contributed by atoms with Crippen molar-refractivity contribution in [3.63, 3.8) is 0 Å². The molecule has 0 unspecified atom stereocenters. The van der Waals surface area contributed by atoms with E-state index in [0.29, 0.717) is 6.54 Å². The first-order chi connectivity index (χ1) is 11.2. The van der Waals surface area contributed by atoms with Crippen molar-refractivity contribution < 1.29 is 4.79 Å². The Morgan fingerprint density at radius 1 is 1.26 bits per heavy atom. The Balaban J connectivity index is 1.66. The van der Waals surface area contributed by atoms with Gasteiger partial charge >= 0.3 is 0 Å². The van der Waals surface area contributed by atoms with Crippen LogP contribution in [-0.2, 0) is 11.3 Å². The lowest BCUT2D eigenvalue weighted by Gasteiger charge is -2.16. The number of nitrogens with zero attached hydrogens (tertiary/aromatic N) is 3. The van der Waals surface area contributed by atoms with Crippen molar-refractivity contribution in [3.8, 4) is 10.4 Å². The molecule has 0 saturated carbocycles. The maximum atomic E-state index is 12.4. The van der Waals surface area contributed by atoms with Crippen LogP contribution in [-0.4, -0.2) is 33.4 Å². The van der Waals surface area contributed by atoms with Crippen LogP contribution in [0.4, 0.5) is 0 Å². The number of hydrogen-bond donors (Lipinski definition) is 0. The number of likely N-dealkylation sites (tertiary alicyclic amines) is 1. The maximum Gasteiger partial charge on any atom is 0.242 e. The van der Waals surface area contributed by atoms with Gasteiger partial charge in [0.15, 0.2) is 0 Å². The Hall–Kier alpha value is -2.14. The third kappa shape index (κ3) is 2.77. The number of carbonyl (C=O) groups excluding carboxylic acids is 1. The first kappa shape index (κ1) is 14.5. The number of thiophene rings is 1. The summed E-state index contributed by atoms with van der Waals surface area (Å²) in [7, 11) is 0. The van der Waals surface area contributed by atoms with E-state index in [4.69, 9.17) is 0 Å². The summed E-state index contributed by atoms with van der Waals surface area (Å²) in [5, 5.41) is 0. The molecule has 1 saturated heterocycles. The lowest BCUT2D eigenvalue weighted by molar-refractivity contribution is -0.130. The Morgan fingerprint density at radius 3 is 2.83 bits per heavy atom. The van der Waals surface area contributed by atoms with Crippen LogP contribution >= 0.6 is 11.3 Å². The second kappa shape index (κ2) is 5.81. The van der Waals surface area contributed by atoms with E-state index in [0.717, 1.165) is 42.5 Å². The molecular formula is C18H19N3OS. The minimum absolute atomic E-state index is 0.206. The van der Waals surface area contributed by atoms with Crippen molar-refractivity contribution in [2.45, 2.75) is 26.3 Å². The lowest BCUT2D eigenvalue weighted by atomic mass is 10.2. The molecule has 118 valence electrons. The number of aromatic nitrogens is 2. The van der Waals surface area contributed by atoms with Crippen LogP contribution in [0.15, 0.2) is 36.7 Å². The number of fused-ring (bicyclic) bond motifs is 1. The third-order valence-corrected chi connectivity index (χ3v) is 5.46. The molecule has 0 aromatic carbocycles. The fraction of sp³-hybridized carbons (Fsp3) is 0.333. The maximum absolute atomic E-state index is 12.4. The van der Waals surface area contributed by atoms with Crippen LogP contribution in [0.3, 0.4) is 0 Å². The normalized spacial score (nSPS) is 14.7. The number of carbonyl (C=O) groups is 1. The van der Waals surface area contributed by atoms with Crippen LogP contribution < -0.4 is 0 Å². The summed E-state index contributed by atoms with van der Waals surface area (Å²) >= 11 is 1.77. The first-order valence-corrected chi connectivity index (χ1v) is 8.82. The highest BCUT2D eigenvalue weighted by Gasteiger charge is 2.18. The highest BCUT2D eigenvalue weighted by Crippen LogP contribution is 2.29. The zero-order chi connectivity index (χ0) is 15.8. The number of aryl methyl sites for hydroxylation is 1. The molecule has 0 bridgehead atoms. The first-order valence-electron chi connectivity index (χ1n) is 8.00. The lowest BCUT2D eigenvalue weighted by Crippen LogP contribution is -2.30. The van der Waals surface area contributed by atoms with E-state index in [9.17, 15) is 4.79 Å². The summed E-state index contributed by atoms with van der Waals surface area (Å²) in [6.07, 6.45) is 6.14. The van der Waals surface area contributed by atoms with E-state index in [1.807, 2.05) is 27.9 Å². The van der Waals surface area contributed by atoms with Crippen LogP contribution in [0, 0.1) is 6.92 Å². The Bertz CT molecular complexity index is 858. The van der Waals surface area contributed by atoms with Gasteiger partial charge in [-0.3, -0.25) is 9.78 Å². The zero-order valence-electron chi connectivity index (χ0n) is 13.2. The van der Waals surface area contributed by atoms with E-state index in [-0.39, 0.29) is 5.91 Å². The largest absolute Gasteiger partial charge is 0.341 e.